The molecule has 1 unspecified atom stereocenters. The fourth-order valence-corrected chi connectivity index (χ4v) is 2.90. The summed E-state index contributed by atoms with van der Waals surface area (Å²) in [5.74, 6) is 0. The van der Waals surface area contributed by atoms with Crippen LogP contribution < -0.4 is 0 Å². The number of rotatable bonds is 10. The maximum atomic E-state index is 10.1. The molecule has 0 spiro atoms. The first kappa shape index (κ1) is 17.5. The van der Waals surface area contributed by atoms with Gasteiger partial charge < -0.3 is 5.11 Å². The summed E-state index contributed by atoms with van der Waals surface area (Å²) in [4.78, 5) is 0. The first-order valence-corrected chi connectivity index (χ1v) is 8.36. The van der Waals surface area contributed by atoms with Gasteiger partial charge in [-0.15, -0.1) is 0 Å². The molecular weight excluding hydrogens is 272 g/mol. The van der Waals surface area contributed by atoms with Crippen LogP contribution in [0.3, 0.4) is 0 Å². The van der Waals surface area contributed by atoms with E-state index in [1.807, 2.05) is 18.7 Å². The van der Waals surface area contributed by atoms with Crippen LogP contribution >= 0.6 is 11.6 Å². The van der Waals surface area contributed by atoms with E-state index in [4.69, 9.17) is 11.6 Å². The highest BCUT2D eigenvalue weighted by Crippen LogP contribution is 2.23. The van der Waals surface area contributed by atoms with E-state index < -0.39 is 0 Å². The lowest BCUT2D eigenvalue weighted by atomic mass is 10.0. The summed E-state index contributed by atoms with van der Waals surface area (Å²) in [5.41, 5.74) is 1.89. The Morgan fingerprint density at radius 2 is 1.80 bits per heavy atom. The van der Waals surface area contributed by atoms with Crippen molar-refractivity contribution in [3.05, 3.63) is 16.4 Å². The first-order chi connectivity index (χ1) is 9.60. The Labute approximate surface area is 128 Å². The summed E-state index contributed by atoms with van der Waals surface area (Å²) < 4.78 is 1.81. The molecule has 1 aromatic rings. The molecule has 1 atom stereocenters. The van der Waals surface area contributed by atoms with E-state index in [2.05, 4.69) is 12.0 Å². The van der Waals surface area contributed by atoms with Crippen molar-refractivity contribution in [2.45, 2.75) is 77.7 Å². The molecule has 116 valence electrons. The van der Waals surface area contributed by atoms with Crippen molar-refractivity contribution in [1.29, 1.82) is 0 Å². The lowest BCUT2D eigenvalue weighted by Crippen LogP contribution is -2.13. The van der Waals surface area contributed by atoms with Gasteiger partial charge in [0, 0.05) is 13.5 Å². The third-order valence-corrected chi connectivity index (χ3v) is 4.26. The Morgan fingerprint density at radius 1 is 1.15 bits per heavy atom. The highest BCUT2D eigenvalue weighted by molar-refractivity contribution is 6.31. The highest BCUT2D eigenvalue weighted by Gasteiger charge is 2.16. The van der Waals surface area contributed by atoms with Crippen LogP contribution in [-0.4, -0.2) is 21.0 Å². The molecule has 0 aliphatic carbocycles. The maximum absolute atomic E-state index is 10.1. The number of aryl methyl sites for hydroxylation is 2. The summed E-state index contributed by atoms with van der Waals surface area (Å²) in [7, 11) is 1.90. The molecule has 0 bridgehead atoms. The normalized spacial score (nSPS) is 12.8. The van der Waals surface area contributed by atoms with Crippen molar-refractivity contribution in [2.75, 3.05) is 0 Å². The number of aromatic nitrogens is 2. The molecule has 1 heterocycles. The van der Waals surface area contributed by atoms with E-state index >= 15 is 0 Å². The third-order valence-electron chi connectivity index (χ3n) is 3.82. The number of hydrogen-bond acceptors (Lipinski definition) is 2. The fourth-order valence-electron chi connectivity index (χ4n) is 2.53. The molecule has 1 aromatic heterocycles. The second kappa shape index (κ2) is 9.41. The van der Waals surface area contributed by atoms with Gasteiger partial charge in [-0.25, -0.2) is 0 Å². The van der Waals surface area contributed by atoms with Crippen molar-refractivity contribution in [2.24, 2.45) is 7.05 Å². The monoisotopic (exact) mass is 300 g/mol. The standard InChI is InChI=1S/C16H29ClN2O/c1-4-6-7-8-9-10-11-13(20)12-15-16(17)14(5-2)18-19(15)3/h13,20H,4-12H2,1-3H3. The predicted octanol–water partition coefficient (Wildman–Crippen LogP) is 4.29. The van der Waals surface area contributed by atoms with Crippen LogP contribution in [0.15, 0.2) is 0 Å². The van der Waals surface area contributed by atoms with Gasteiger partial charge in [0.15, 0.2) is 0 Å². The molecule has 0 aliphatic rings. The molecule has 0 fully saturated rings. The molecule has 0 aromatic carbocycles. The quantitative estimate of drug-likeness (QED) is 0.655. The lowest BCUT2D eigenvalue weighted by Gasteiger charge is -2.11. The summed E-state index contributed by atoms with van der Waals surface area (Å²) in [6.07, 6.45) is 9.52. The van der Waals surface area contributed by atoms with E-state index in [-0.39, 0.29) is 6.10 Å². The van der Waals surface area contributed by atoms with Crippen molar-refractivity contribution < 1.29 is 5.11 Å². The van der Waals surface area contributed by atoms with Crippen molar-refractivity contribution in [3.8, 4) is 0 Å². The Bertz CT molecular complexity index is 390. The van der Waals surface area contributed by atoms with Gasteiger partial charge in [0.2, 0.25) is 0 Å². The van der Waals surface area contributed by atoms with E-state index in [9.17, 15) is 5.11 Å². The van der Waals surface area contributed by atoms with Crippen LogP contribution in [0.1, 0.15) is 70.2 Å². The van der Waals surface area contributed by atoms with Crippen molar-refractivity contribution in [1.82, 2.24) is 9.78 Å². The first-order valence-electron chi connectivity index (χ1n) is 7.98. The van der Waals surface area contributed by atoms with Gasteiger partial charge in [-0.3, -0.25) is 4.68 Å². The van der Waals surface area contributed by atoms with Crippen LogP contribution in [0.25, 0.3) is 0 Å². The average Bonchev–Trinajstić information content (AvgIpc) is 2.70. The van der Waals surface area contributed by atoms with Gasteiger partial charge in [-0.05, 0) is 12.8 Å². The summed E-state index contributed by atoms with van der Waals surface area (Å²) >= 11 is 6.30. The Balaban J connectivity index is 2.32. The molecule has 4 heteroatoms. The topological polar surface area (TPSA) is 38.1 Å². The Morgan fingerprint density at radius 3 is 2.40 bits per heavy atom. The zero-order valence-electron chi connectivity index (χ0n) is 13.2. The number of aliphatic hydroxyl groups excluding tert-OH is 1. The van der Waals surface area contributed by atoms with Gasteiger partial charge in [0.25, 0.3) is 0 Å². The zero-order valence-corrected chi connectivity index (χ0v) is 13.9. The van der Waals surface area contributed by atoms with Crippen LogP contribution in [0.4, 0.5) is 0 Å². The SMILES string of the molecule is CCCCCCCCC(O)Cc1c(Cl)c(CC)nn1C. The van der Waals surface area contributed by atoms with Gasteiger partial charge in [-0.2, -0.15) is 5.10 Å². The van der Waals surface area contributed by atoms with Crippen LogP contribution in [0, 0.1) is 0 Å². The molecule has 0 amide bonds. The minimum absolute atomic E-state index is 0.307. The molecule has 0 radical (unpaired) electrons. The molecule has 3 nitrogen and oxygen atoms in total. The molecule has 0 saturated carbocycles. The second-order valence-corrected chi connectivity index (χ2v) is 5.98. The Hall–Kier alpha value is -0.540. The minimum atomic E-state index is -0.307. The molecule has 0 aliphatic heterocycles. The van der Waals surface area contributed by atoms with Gasteiger partial charge in [-0.1, -0.05) is 64.0 Å². The molecule has 20 heavy (non-hydrogen) atoms. The molecule has 0 saturated heterocycles. The summed E-state index contributed by atoms with van der Waals surface area (Å²) in [5, 5.41) is 15.3. The molecule has 1 rings (SSSR count). The summed E-state index contributed by atoms with van der Waals surface area (Å²) in [6.45, 7) is 4.27. The highest BCUT2D eigenvalue weighted by atomic mass is 35.5. The molecular formula is C16H29ClN2O. The fraction of sp³-hybridized carbons (Fsp3) is 0.812. The van der Waals surface area contributed by atoms with Crippen LogP contribution in [-0.2, 0) is 19.9 Å². The maximum Gasteiger partial charge on any atom is 0.0850 e. The average molecular weight is 301 g/mol. The van der Waals surface area contributed by atoms with E-state index in [0.29, 0.717) is 6.42 Å². The van der Waals surface area contributed by atoms with Crippen molar-refractivity contribution >= 4 is 11.6 Å². The number of unbranched alkanes of at least 4 members (excludes halogenated alkanes) is 5. The van der Waals surface area contributed by atoms with Gasteiger partial charge >= 0.3 is 0 Å². The lowest BCUT2D eigenvalue weighted by molar-refractivity contribution is 0.158. The van der Waals surface area contributed by atoms with E-state index in [0.717, 1.165) is 35.7 Å². The van der Waals surface area contributed by atoms with Gasteiger partial charge in [0.05, 0.1) is 22.5 Å². The smallest absolute Gasteiger partial charge is 0.0850 e. The number of hydrogen-bond donors (Lipinski definition) is 1. The molecule has 1 N–H and O–H groups in total. The van der Waals surface area contributed by atoms with E-state index in [1.165, 1.54) is 32.1 Å². The van der Waals surface area contributed by atoms with Crippen LogP contribution in [0.2, 0.25) is 5.02 Å². The Kier molecular flexibility index (Phi) is 8.24. The number of nitrogens with zero attached hydrogens (tertiary/aromatic N) is 2. The zero-order chi connectivity index (χ0) is 15.0. The van der Waals surface area contributed by atoms with Crippen LogP contribution in [0.5, 0.6) is 0 Å². The third kappa shape index (κ3) is 5.45. The largest absolute Gasteiger partial charge is 0.393 e. The van der Waals surface area contributed by atoms with Crippen molar-refractivity contribution in [3.63, 3.8) is 0 Å². The van der Waals surface area contributed by atoms with Gasteiger partial charge in [0.1, 0.15) is 0 Å². The van der Waals surface area contributed by atoms with E-state index in [1.54, 1.807) is 0 Å². The number of halogens is 1. The summed E-state index contributed by atoms with van der Waals surface area (Å²) in [6, 6.07) is 0. The number of aliphatic hydroxyl groups is 1. The predicted molar refractivity (Wildman–Crippen MR) is 85.3 cm³/mol. The second-order valence-electron chi connectivity index (χ2n) is 5.60. The minimum Gasteiger partial charge on any atom is -0.393 e.